The molecule has 0 radical (unpaired) electrons. The first-order chi connectivity index (χ1) is 9.08. The molecule has 0 amide bonds. The predicted octanol–water partition coefficient (Wildman–Crippen LogP) is 4.02. The summed E-state index contributed by atoms with van der Waals surface area (Å²) in [5.41, 5.74) is 3.17. The Bertz CT molecular complexity index is 635. The summed E-state index contributed by atoms with van der Waals surface area (Å²) >= 11 is 0. The second-order valence-electron chi connectivity index (χ2n) is 5.55. The zero-order valence-electron chi connectivity index (χ0n) is 11.3. The van der Waals surface area contributed by atoms with Gasteiger partial charge in [0.05, 0.1) is 6.42 Å². The van der Waals surface area contributed by atoms with Crippen molar-refractivity contribution in [3.63, 3.8) is 0 Å². The van der Waals surface area contributed by atoms with Crippen molar-refractivity contribution in [2.45, 2.75) is 39.0 Å². The first-order valence-corrected chi connectivity index (χ1v) is 6.78. The molecule has 0 aliphatic heterocycles. The number of fused-ring (bicyclic) bond motifs is 1. The van der Waals surface area contributed by atoms with Crippen LogP contribution < -0.4 is 0 Å². The lowest BCUT2D eigenvalue weighted by Crippen LogP contribution is -2.08. The maximum absolute atomic E-state index is 11.1. The van der Waals surface area contributed by atoms with E-state index in [1.165, 1.54) is 0 Å². The van der Waals surface area contributed by atoms with Crippen molar-refractivity contribution < 1.29 is 14.3 Å². The van der Waals surface area contributed by atoms with Crippen molar-refractivity contribution >= 4 is 16.9 Å². The summed E-state index contributed by atoms with van der Waals surface area (Å²) < 4.78 is 5.75. The van der Waals surface area contributed by atoms with Crippen molar-refractivity contribution in [2.24, 2.45) is 5.92 Å². The van der Waals surface area contributed by atoms with E-state index in [0.717, 1.165) is 40.7 Å². The first kappa shape index (κ1) is 12.3. The largest absolute Gasteiger partial charge is 0.481 e. The van der Waals surface area contributed by atoms with Gasteiger partial charge in [0, 0.05) is 5.39 Å². The maximum Gasteiger partial charge on any atom is 0.303 e. The molecule has 19 heavy (non-hydrogen) atoms. The van der Waals surface area contributed by atoms with Crippen LogP contribution in [0.3, 0.4) is 0 Å². The Morgan fingerprint density at radius 1 is 1.42 bits per heavy atom. The molecule has 1 aliphatic rings. The van der Waals surface area contributed by atoms with Crippen LogP contribution in [0, 0.1) is 19.8 Å². The van der Waals surface area contributed by atoms with Crippen LogP contribution in [-0.2, 0) is 4.79 Å². The van der Waals surface area contributed by atoms with E-state index in [0.29, 0.717) is 5.92 Å². The van der Waals surface area contributed by atoms with Gasteiger partial charge in [0.1, 0.15) is 11.3 Å². The average Bonchev–Trinajstić information content (AvgIpc) is 3.14. The average molecular weight is 258 g/mol. The standard InChI is InChI=1S/C16H18O3/c1-9-10(2)19-14-5-3-4-12(16(9)14)13(8-15(17)18)11-6-7-11/h3-5,11,13H,6-8H2,1-2H3,(H,17,18). The molecule has 1 aliphatic carbocycles. The van der Waals surface area contributed by atoms with Gasteiger partial charge in [0.2, 0.25) is 0 Å². The smallest absolute Gasteiger partial charge is 0.303 e. The molecular weight excluding hydrogens is 240 g/mol. The van der Waals surface area contributed by atoms with Gasteiger partial charge in [-0.05, 0) is 55.7 Å². The second kappa shape index (κ2) is 4.41. The fourth-order valence-corrected chi connectivity index (χ4v) is 2.98. The van der Waals surface area contributed by atoms with Gasteiger partial charge in [-0.2, -0.15) is 0 Å². The molecule has 0 saturated heterocycles. The fourth-order valence-electron chi connectivity index (χ4n) is 2.98. The molecule has 1 saturated carbocycles. The highest BCUT2D eigenvalue weighted by Crippen LogP contribution is 2.47. The molecule has 0 bridgehead atoms. The molecule has 1 aromatic heterocycles. The molecule has 1 N–H and O–H groups in total. The molecule has 3 rings (SSSR count). The number of carbonyl (C=O) groups is 1. The number of hydrogen-bond acceptors (Lipinski definition) is 2. The van der Waals surface area contributed by atoms with E-state index >= 15 is 0 Å². The Labute approximate surface area is 112 Å². The Kier molecular flexibility index (Phi) is 2.85. The normalized spacial score (nSPS) is 16.7. The van der Waals surface area contributed by atoms with Gasteiger partial charge in [0.15, 0.2) is 0 Å². The van der Waals surface area contributed by atoms with E-state index in [2.05, 4.69) is 13.0 Å². The van der Waals surface area contributed by atoms with Gasteiger partial charge in [-0.25, -0.2) is 0 Å². The summed E-state index contributed by atoms with van der Waals surface area (Å²) in [7, 11) is 0. The minimum Gasteiger partial charge on any atom is -0.481 e. The lowest BCUT2D eigenvalue weighted by atomic mass is 9.87. The van der Waals surface area contributed by atoms with E-state index in [4.69, 9.17) is 9.52 Å². The predicted molar refractivity (Wildman–Crippen MR) is 73.4 cm³/mol. The van der Waals surface area contributed by atoms with Crippen LogP contribution >= 0.6 is 0 Å². The van der Waals surface area contributed by atoms with Gasteiger partial charge in [-0.3, -0.25) is 4.79 Å². The number of aliphatic carboxylic acids is 1. The number of furan rings is 1. The van der Waals surface area contributed by atoms with Crippen molar-refractivity contribution in [3.8, 4) is 0 Å². The Hall–Kier alpha value is -1.77. The third-order valence-corrected chi connectivity index (χ3v) is 4.21. The molecule has 1 atom stereocenters. The zero-order chi connectivity index (χ0) is 13.6. The third kappa shape index (κ3) is 2.14. The molecular formula is C16H18O3. The van der Waals surface area contributed by atoms with E-state index in [9.17, 15) is 4.79 Å². The lowest BCUT2D eigenvalue weighted by Gasteiger charge is -2.15. The Morgan fingerprint density at radius 2 is 2.16 bits per heavy atom. The highest BCUT2D eigenvalue weighted by Gasteiger charge is 2.35. The quantitative estimate of drug-likeness (QED) is 0.901. The van der Waals surface area contributed by atoms with Crippen molar-refractivity contribution in [2.75, 3.05) is 0 Å². The molecule has 100 valence electrons. The molecule has 1 unspecified atom stereocenters. The Balaban J connectivity index is 2.14. The molecule has 1 fully saturated rings. The number of benzene rings is 1. The molecule has 2 aromatic rings. The summed E-state index contributed by atoms with van der Waals surface area (Å²) in [6.07, 6.45) is 2.50. The van der Waals surface area contributed by atoms with Gasteiger partial charge < -0.3 is 9.52 Å². The lowest BCUT2D eigenvalue weighted by molar-refractivity contribution is -0.137. The van der Waals surface area contributed by atoms with E-state index in [1.54, 1.807) is 0 Å². The number of aryl methyl sites for hydroxylation is 2. The monoisotopic (exact) mass is 258 g/mol. The van der Waals surface area contributed by atoms with Gasteiger partial charge in [-0.15, -0.1) is 0 Å². The van der Waals surface area contributed by atoms with E-state index < -0.39 is 5.97 Å². The number of hydrogen-bond donors (Lipinski definition) is 1. The highest BCUT2D eigenvalue weighted by atomic mass is 16.4. The summed E-state index contributed by atoms with van der Waals surface area (Å²) in [5.74, 6) is 0.854. The van der Waals surface area contributed by atoms with Crippen LogP contribution in [0.15, 0.2) is 22.6 Å². The van der Waals surface area contributed by atoms with Crippen LogP contribution in [0.5, 0.6) is 0 Å². The molecule has 1 aromatic carbocycles. The summed E-state index contributed by atoms with van der Waals surface area (Å²) in [5, 5.41) is 10.3. The highest BCUT2D eigenvalue weighted by molar-refractivity contribution is 5.86. The minimum absolute atomic E-state index is 0.122. The minimum atomic E-state index is -0.716. The molecule has 3 nitrogen and oxygen atoms in total. The first-order valence-electron chi connectivity index (χ1n) is 6.78. The van der Waals surface area contributed by atoms with Gasteiger partial charge >= 0.3 is 5.97 Å². The maximum atomic E-state index is 11.1. The topological polar surface area (TPSA) is 50.4 Å². The fraction of sp³-hybridized carbons (Fsp3) is 0.438. The van der Waals surface area contributed by atoms with Crippen LogP contribution in [0.4, 0.5) is 0 Å². The van der Waals surface area contributed by atoms with Crippen LogP contribution in [0.1, 0.15) is 42.1 Å². The van der Waals surface area contributed by atoms with Crippen molar-refractivity contribution in [1.29, 1.82) is 0 Å². The second-order valence-corrected chi connectivity index (χ2v) is 5.55. The van der Waals surface area contributed by atoms with Crippen LogP contribution in [-0.4, -0.2) is 11.1 Å². The third-order valence-electron chi connectivity index (χ3n) is 4.21. The van der Waals surface area contributed by atoms with Crippen molar-refractivity contribution in [1.82, 2.24) is 0 Å². The summed E-state index contributed by atoms with van der Waals surface area (Å²) in [6, 6.07) is 6.00. The number of rotatable bonds is 4. The summed E-state index contributed by atoms with van der Waals surface area (Å²) in [6.45, 7) is 4.01. The molecule has 1 heterocycles. The summed E-state index contributed by atoms with van der Waals surface area (Å²) in [4.78, 5) is 11.1. The Morgan fingerprint density at radius 3 is 2.79 bits per heavy atom. The van der Waals surface area contributed by atoms with Crippen molar-refractivity contribution in [3.05, 3.63) is 35.1 Å². The zero-order valence-corrected chi connectivity index (χ0v) is 11.3. The number of carboxylic acid groups (broad SMARTS) is 1. The van der Waals surface area contributed by atoms with Crippen LogP contribution in [0.25, 0.3) is 11.0 Å². The number of carboxylic acids is 1. The SMILES string of the molecule is Cc1oc2cccc(C(CC(=O)O)C3CC3)c2c1C. The van der Waals surface area contributed by atoms with Crippen LogP contribution in [0.2, 0.25) is 0 Å². The van der Waals surface area contributed by atoms with E-state index in [1.807, 2.05) is 19.1 Å². The molecule has 3 heteroatoms. The van der Waals surface area contributed by atoms with E-state index in [-0.39, 0.29) is 12.3 Å². The van der Waals surface area contributed by atoms with Gasteiger partial charge in [0.25, 0.3) is 0 Å². The molecule has 0 spiro atoms. The van der Waals surface area contributed by atoms with Gasteiger partial charge in [-0.1, -0.05) is 12.1 Å².